The fraction of sp³-hybridized carbons (Fsp3) is 0.111. The summed E-state index contributed by atoms with van der Waals surface area (Å²) in [5, 5.41) is 2.70. The van der Waals surface area contributed by atoms with Crippen LogP contribution in [-0.2, 0) is 4.79 Å². The second kappa shape index (κ2) is 6.87. The summed E-state index contributed by atoms with van der Waals surface area (Å²) in [6.07, 6.45) is 3.10. The molecule has 3 aromatic rings. The molecule has 0 fully saturated rings. The van der Waals surface area contributed by atoms with Crippen molar-refractivity contribution in [2.75, 3.05) is 19.5 Å². The number of carbonyl (C=O) groups is 1. The summed E-state index contributed by atoms with van der Waals surface area (Å²) < 4.78 is 10.4. The number of para-hydroxylation sites is 2. The van der Waals surface area contributed by atoms with Gasteiger partial charge in [0, 0.05) is 17.7 Å². The number of rotatable bonds is 5. The minimum Gasteiger partial charge on any atom is -0.497 e. The molecule has 0 radical (unpaired) electrons. The molecule has 0 aliphatic heterocycles. The van der Waals surface area contributed by atoms with Gasteiger partial charge in [0.15, 0.2) is 0 Å². The van der Waals surface area contributed by atoms with E-state index >= 15 is 0 Å². The van der Waals surface area contributed by atoms with Gasteiger partial charge in [-0.1, -0.05) is 12.1 Å². The smallest absolute Gasteiger partial charge is 0.250 e. The first kappa shape index (κ1) is 15.6. The first-order chi connectivity index (χ1) is 11.7. The van der Waals surface area contributed by atoms with Crippen molar-refractivity contribution in [2.45, 2.75) is 0 Å². The minimum atomic E-state index is -0.285. The van der Waals surface area contributed by atoms with Crippen LogP contribution in [0.15, 0.2) is 48.5 Å². The van der Waals surface area contributed by atoms with Crippen molar-refractivity contribution in [1.29, 1.82) is 0 Å². The van der Waals surface area contributed by atoms with E-state index < -0.39 is 0 Å². The molecule has 1 amide bonds. The van der Waals surface area contributed by atoms with Crippen LogP contribution >= 0.6 is 0 Å². The molecule has 0 aliphatic carbocycles. The quantitative estimate of drug-likeness (QED) is 0.707. The van der Waals surface area contributed by atoms with Gasteiger partial charge in [0.1, 0.15) is 11.5 Å². The third-order valence-corrected chi connectivity index (χ3v) is 3.49. The molecule has 2 N–H and O–H groups in total. The number of imidazole rings is 1. The van der Waals surface area contributed by atoms with Crippen LogP contribution in [0.2, 0.25) is 0 Å². The number of nitrogens with one attached hydrogen (secondary N) is 2. The maximum Gasteiger partial charge on any atom is 0.250 e. The number of aromatic amines is 1. The predicted octanol–water partition coefficient (Wildman–Crippen LogP) is 3.23. The van der Waals surface area contributed by atoms with E-state index in [4.69, 9.17) is 9.47 Å². The van der Waals surface area contributed by atoms with Crippen molar-refractivity contribution in [3.8, 4) is 11.5 Å². The summed E-state index contributed by atoms with van der Waals surface area (Å²) in [7, 11) is 3.16. The SMILES string of the molecule is COc1ccc(C=CC(=O)Nc2nc3ccccc3[nH]2)c(OC)c1. The first-order valence-electron chi connectivity index (χ1n) is 7.35. The molecule has 0 atom stereocenters. The lowest BCUT2D eigenvalue weighted by molar-refractivity contribution is -0.111. The lowest BCUT2D eigenvalue weighted by Gasteiger charge is -2.07. The van der Waals surface area contributed by atoms with E-state index in [9.17, 15) is 4.79 Å². The van der Waals surface area contributed by atoms with Gasteiger partial charge in [-0.05, 0) is 30.3 Å². The zero-order valence-corrected chi connectivity index (χ0v) is 13.4. The molecule has 6 nitrogen and oxygen atoms in total. The van der Waals surface area contributed by atoms with Gasteiger partial charge in [0.2, 0.25) is 5.95 Å². The highest BCUT2D eigenvalue weighted by Crippen LogP contribution is 2.25. The van der Waals surface area contributed by atoms with Crippen LogP contribution in [-0.4, -0.2) is 30.1 Å². The molecule has 0 unspecified atom stereocenters. The zero-order valence-electron chi connectivity index (χ0n) is 13.4. The molecule has 6 heteroatoms. The molecule has 122 valence electrons. The fourth-order valence-electron chi connectivity index (χ4n) is 2.29. The van der Waals surface area contributed by atoms with Crippen molar-refractivity contribution in [3.05, 3.63) is 54.1 Å². The number of ether oxygens (including phenoxy) is 2. The molecule has 3 rings (SSSR count). The van der Waals surface area contributed by atoms with Crippen molar-refractivity contribution >= 4 is 29.0 Å². The molecule has 1 aromatic heterocycles. The monoisotopic (exact) mass is 323 g/mol. The number of carbonyl (C=O) groups excluding carboxylic acids is 1. The highest BCUT2D eigenvalue weighted by Gasteiger charge is 2.06. The van der Waals surface area contributed by atoms with Crippen LogP contribution < -0.4 is 14.8 Å². The average Bonchev–Trinajstić information content (AvgIpc) is 3.01. The Morgan fingerprint density at radius 3 is 2.75 bits per heavy atom. The van der Waals surface area contributed by atoms with E-state index in [0.717, 1.165) is 16.6 Å². The summed E-state index contributed by atoms with van der Waals surface area (Å²) in [6, 6.07) is 13.0. The number of H-pyrrole nitrogens is 1. The van der Waals surface area contributed by atoms with Gasteiger partial charge in [0.05, 0.1) is 25.3 Å². The molecular formula is C18H17N3O3. The van der Waals surface area contributed by atoms with Crippen LogP contribution in [0, 0.1) is 0 Å². The third kappa shape index (κ3) is 3.38. The standard InChI is InChI=1S/C18H17N3O3/c1-23-13-9-7-12(16(11-13)24-2)8-10-17(22)21-18-19-14-5-3-4-6-15(14)20-18/h3-11H,1-2H3,(H2,19,20,21,22). The molecule has 0 spiro atoms. The number of benzene rings is 2. The highest BCUT2D eigenvalue weighted by molar-refractivity contribution is 6.01. The van der Waals surface area contributed by atoms with E-state index in [1.54, 1.807) is 32.4 Å². The summed E-state index contributed by atoms with van der Waals surface area (Å²) in [5.41, 5.74) is 2.44. The normalized spacial score (nSPS) is 10.9. The molecule has 2 aromatic carbocycles. The van der Waals surface area contributed by atoms with Crippen molar-refractivity contribution < 1.29 is 14.3 Å². The predicted molar refractivity (Wildman–Crippen MR) is 93.3 cm³/mol. The van der Waals surface area contributed by atoms with Crippen molar-refractivity contribution in [2.24, 2.45) is 0 Å². The Balaban J connectivity index is 1.73. The van der Waals surface area contributed by atoms with Crippen LogP contribution in [0.3, 0.4) is 0 Å². The number of fused-ring (bicyclic) bond motifs is 1. The summed E-state index contributed by atoms with van der Waals surface area (Å²) in [4.78, 5) is 19.4. The van der Waals surface area contributed by atoms with Gasteiger partial charge in [-0.3, -0.25) is 10.1 Å². The Labute approximate surface area is 139 Å². The van der Waals surface area contributed by atoms with E-state index in [1.165, 1.54) is 6.08 Å². The van der Waals surface area contributed by atoms with Gasteiger partial charge in [-0.25, -0.2) is 4.98 Å². The topological polar surface area (TPSA) is 76.2 Å². The highest BCUT2D eigenvalue weighted by atomic mass is 16.5. The van der Waals surface area contributed by atoms with Gasteiger partial charge < -0.3 is 14.5 Å². The van der Waals surface area contributed by atoms with Crippen LogP contribution in [0.5, 0.6) is 11.5 Å². The maximum absolute atomic E-state index is 12.1. The van der Waals surface area contributed by atoms with E-state index in [2.05, 4.69) is 15.3 Å². The van der Waals surface area contributed by atoms with Gasteiger partial charge >= 0.3 is 0 Å². The van der Waals surface area contributed by atoms with Gasteiger partial charge in [-0.15, -0.1) is 0 Å². The number of anilines is 1. The Bertz CT molecular complexity index is 866. The molecule has 0 aliphatic rings. The number of amides is 1. The minimum absolute atomic E-state index is 0.285. The van der Waals surface area contributed by atoms with Gasteiger partial charge in [-0.2, -0.15) is 0 Å². The second-order valence-electron chi connectivity index (χ2n) is 5.03. The fourth-order valence-corrected chi connectivity index (χ4v) is 2.29. The number of hydrogen-bond acceptors (Lipinski definition) is 4. The third-order valence-electron chi connectivity index (χ3n) is 3.49. The number of methoxy groups -OCH3 is 2. The average molecular weight is 323 g/mol. The summed E-state index contributed by atoms with van der Waals surface area (Å²) in [6.45, 7) is 0. The largest absolute Gasteiger partial charge is 0.497 e. The number of nitrogens with zero attached hydrogens (tertiary/aromatic N) is 1. The van der Waals surface area contributed by atoms with Gasteiger partial charge in [0.25, 0.3) is 5.91 Å². The molecule has 0 saturated heterocycles. The lowest BCUT2D eigenvalue weighted by Crippen LogP contribution is -2.08. The Hall–Kier alpha value is -3.28. The summed E-state index contributed by atoms with van der Waals surface area (Å²) >= 11 is 0. The molecular weight excluding hydrogens is 306 g/mol. The molecule has 1 heterocycles. The Morgan fingerprint density at radius 1 is 1.17 bits per heavy atom. The van der Waals surface area contributed by atoms with Crippen LogP contribution in [0.1, 0.15) is 5.56 Å². The zero-order chi connectivity index (χ0) is 16.9. The van der Waals surface area contributed by atoms with E-state index in [0.29, 0.717) is 17.4 Å². The summed E-state index contributed by atoms with van der Waals surface area (Å²) in [5.74, 6) is 1.44. The molecule has 24 heavy (non-hydrogen) atoms. The van der Waals surface area contributed by atoms with Crippen molar-refractivity contribution in [3.63, 3.8) is 0 Å². The van der Waals surface area contributed by atoms with Crippen LogP contribution in [0.25, 0.3) is 17.1 Å². The maximum atomic E-state index is 12.1. The number of aromatic nitrogens is 2. The molecule has 0 saturated carbocycles. The molecule has 0 bridgehead atoms. The first-order valence-corrected chi connectivity index (χ1v) is 7.35. The van der Waals surface area contributed by atoms with Crippen molar-refractivity contribution in [1.82, 2.24) is 9.97 Å². The van der Waals surface area contributed by atoms with E-state index in [1.807, 2.05) is 30.3 Å². The van der Waals surface area contributed by atoms with E-state index in [-0.39, 0.29) is 5.91 Å². The Morgan fingerprint density at radius 2 is 2.00 bits per heavy atom. The lowest BCUT2D eigenvalue weighted by atomic mass is 10.1. The Kier molecular flexibility index (Phi) is 4.47. The second-order valence-corrected chi connectivity index (χ2v) is 5.03. The van der Waals surface area contributed by atoms with Crippen LogP contribution in [0.4, 0.5) is 5.95 Å². The number of hydrogen-bond donors (Lipinski definition) is 2.